The summed E-state index contributed by atoms with van der Waals surface area (Å²) in [7, 11) is 0. The third-order valence-corrected chi connectivity index (χ3v) is 4.40. The lowest BCUT2D eigenvalue weighted by Crippen LogP contribution is -2.44. The van der Waals surface area contributed by atoms with Crippen molar-refractivity contribution >= 4 is 5.97 Å². The molecule has 0 aromatic heterocycles. The highest BCUT2D eigenvalue weighted by atomic mass is 19.4. The highest BCUT2D eigenvalue weighted by Crippen LogP contribution is 2.34. The number of esters is 1. The van der Waals surface area contributed by atoms with E-state index in [0.29, 0.717) is 0 Å². The van der Waals surface area contributed by atoms with Gasteiger partial charge in [-0.3, -0.25) is 9.69 Å². The summed E-state index contributed by atoms with van der Waals surface area (Å²) >= 11 is 0. The normalized spacial score (nSPS) is 20.0. The first kappa shape index (κ1) is 22.5. The molecule has 2 rings (SSSR count). The number of hydrogen-bond donors (Lipinski definition) is 0. The van der Waals surface area contributed by atoms with E-state index in [4.69, 9.17) is 4.74 Å². The minimum Gasteiger partial charge on any atom is -0.466 e. The summed E-state index contributed by atoms with van der Waals surface area (Å²) in [6, 6.07) is 4.54. The van der Waals surface area contributed by atoms with E-state index in [2.05, 4.69) is 4.74 Å². The molecular weight excluding hydrogens is 392 g/mol. The van der Waals surface area contributed by atoms with Crippen molar-refractivity contribution in [3.05, 3.63) is 35.4 Å². The molecule has 1 fully saturated rings. The van der Waals surface area contributed by atoms with Crippen LogP contribution >= 0.6 is 0 Å². The van der Waals surface area contributed by atoms with Gasteiger partial charge in [-0.25, -0.2) is 0 Å². The Morgan fingerprint density at radius 3 is 2.61 bits per heavy atom. The number of morpholine rings is 1. The lowest BCUT2D eigenvalue weighted by atomic mass is 10.0. The van der Waals surface area contributed by atoms with Gasteiger partial charge in [0.2, 0.25) is 0 Å². The maximum absolute atomic E-state index is 13.3. The number of nitrogens with zero attached hydrogens (tertiary/aromatic N) is 1. The third-order valence-electron chi connectivity index (χ3n) is 4.40. The van der Waals surface area contributed by atoms with E-state index in [-0.39, 0.29) is 31.9 Å². The molecule has 1 aromatic rings. The van der Waals surface area contributed by atoms with Crippen LogP contribution in [0.3, 0.4) is 0 Å². The Hall–Kier alpha value is -1.81. The predicted molar refractivity (Wildman–Crippen MR) is 87.4 cm³/mol. The Kier molecular flexibility index (Phi) is 7.33. The van der Waals surface area contributed by atoms with E-state index >= 15 is 0 Å². The van der Waals surface area contributed by atoms with E-state index in [1.54, 1.807) is 0 Å². The topological polar surface area (TPSA) is 38.8 Å². The van der Waals surface area contributed by atoms with Crippen LogP contribution in [0.15, 0.2) is 24.3 Å². The van der Waals surface area contributed by atoms with Crippen LogP contribution in [0.2, 0.25) is 0 Å². The summed E-state index contributed by atoms with van der Waals surface area (Å²) in [5.41, 5.74) is -0.602. The Morgan fingerprint density at radius 1 is 1.29 bits per heavy atom. The lowest BCUT2D eigenvalue weighted by Gasteiger charge is -2.35. The van der Waals surface area contributed by atoms with E-state index in [9.17, 15) is 31.1 Å². The average Bonchev–Trinajstić information content (AvgIpc) is 2.60. The van der Waals surface area contributed by atoms with Crippen LogP contribution in [0.25, 0.3) is 0 Å². The van der Waals surface area contributed by atoms with Gasteiger partial charge in [0, 0.05) is 19.6 Å². The number of carbonyl (C=O) groups is 1. The second-order valence-corrected chi connectivity index (χ2v) is 6.49. The molecule has 10 heteroatoms. The number of carbonyl (C=O) groups excluding carboxylic acids is 1. The minimum atomic E-state index is -4.60. The van der Waals surface area contributed by atoms with Crippen LogP contribution < -0.4 is 0 Å². The maximum atomic E-state index is 13.3. The van der Waals surface area contributed by atoms with Crippen molar-refractivity contribution in [2.24, 2.45) is 5.92 Å². The zero-order chi connectivity index (χ0) is 20.9. The van der Waals surface area contributed by atoms with Crippen LogP contribution in [-0.2, 0) is 20.4 Å². The van der Waals surface area contributed by atoms with Crippen LogP contribution in [0.1, 0.15) is 30.6 Å². The molecule has 1 heterocycles. The molecule has 0 spiro atoms. The van der Waals surface area contributed by atoms with Crippen LogP contribution in [0.4, 0.5) is 26.3 Å². The maximum Gasteiger partial charge on any atom is 0.416 e. The van der Waals surface area contributed by atoms with E-state index in [1.807, 2.05) is 0 Å². The summed E-state index contributed by atoms with van der Waals surface area (Å²) < 4.78 is 88.6. The highest BCUT2D eigenvalue weighted by molar-refractivity contribution is 5.69. The van der Waals surface area contributed by atoms with Gasteiger partial charge in [-0.15, -0.1) is 0 Å². The molecule has 158 valence electrons. The fourth-order valence-corrected chi connectivity index (χ4v) is 3.00. The van der Waals surface area contributed by atoms with Crippen molar-refractivity contribution in [3.8, 4) is 0 Å². The van der Waals surface area contributed by atoms with Crippen molar-refractivity contribution < 1.29 is 40.6 Å². The molecule has 0 bridgehead atoms. The molecule has 0 amide bonds. The monoisotopic (exact) mass is 413 g/mol. The number of halogens is 6. The van der Waals surface area contributed by atoms with E-state index in [0.717, 1.165) is 12.1 Å². The van der Waals surface area contributed by atoms with Crippen molar-refractivity contribution in [3.63, 3.8) is 0 Å². The molecule has 1 saturated heterocycles. The summed E-state index contributed by atoms with van der Waals surface area (Å²) in [6.07, 6.45) is -10.7. The summed E-state index contributed by atoms with van der Waals surface area (Å²) in [5.74, 6) is -2.86. The van der Waals surface area contributed by atoms with Gasteiger partial charge in [0.05, 0.1) is 37.2 Å². The standard InChI is InChI=1S/C18H21F6NO3/c1-2-27-16(26)9-14(18(22,23)24)10-25-6-7-28-15(11-25)12-4-3-5-13(8-12)17(19,20)21/h3-5,8,14-15H,2,6-7,9-11H2,1H3/t14?,15-/m0/s1. The fraction of sp³-hybridized carbons (Fsp3) is 0.611. The number of hydrogen-bond acceptors (Lipinski definition) is 4. The third kappa shape index (κ3) is 6.37. The number of benzene rings is 1. The van der Waals surface area contributed by atoms with Crippen LogP contribution in [0, 0.1) is 5.92 Å². The Balaban J connectivity index is 2.08. The van der Waals surface area contributed by atoms with Gasteiger partial charge in [0.25, 0.3) is 0 Å². The van der Waals surface area contributed by atoms with Gasteiger partial charge in [-0.2, -0.15) is 26.3 Å². The summed E-state index contributed by atoms with van der Waals surface area (Å²) in [6.45, 7) is 1.29. The Morgan fingerprint density at radius 2 is 2.00 bits per heavy atom. The molecule has 1 aliphatic rings. The van der Waals surface area contributed by atoms with Gasteiger partial charge in [-0.05, 0) is 24.6 Å². The van der Waals surface area contributed by atoms with Crippen LogP contribution in [-0.4, -0.2) is 49.9 Å². The number of alkyl halides is 6. The largest absolute Gasteiger partial charge is 0.466 e. The second-order valence-electron chi connectivity index (χ2n) is 6.49. The molecule has 0 saturated carbocycles. The molecule has 1 aliphatic heterocycles. The van der Waals surface area contributed by atoms with Crippen molar-refractivity contribution in [2.75, 3.05) is 32.8 Å². The molecule has 1 aromatic carbocycles. The van der Waals surface area contributed by atoms with Crippen molar-refractivity contribution in [2.45, 2.75) is 31.8 Å². The molecule has 0 radical (unpaired) electrons. The van der Waals surface area contributed by atoms with E-state index in [1.165, 1.54) is 24.0 Å². The summed E-state index contributed by atoms with van der Waals surface area (Å²) in [4.78, 5) is 12.9. The predicted octanol–water partition coefficient (Wildman–Crippen LogP) is 4.21. The average molecular weight is 413 g/mol. The highest BCUT2D eigenvalue weighted by Gasteiger charge is 2.43. The molecule has 0 aliphatic carbocycles. The minimum absolute atomic E-state index is 0.00326. The van der Waals surface area contributed by atoms with Gasteiger partial charge in [-0.1, -0.05) is 12.1 Å². The molecule has 1 unspecified atom stereocenters. The second kappa shape index (κ2) is 9.13. The Labute approximate surface area is 158 Å². The number of ether oxygens (including phenoxy) is 2. The summed E-state index contributed by atoms with van der Waals surface area (Å²) in [5, 5.41) is 0. The fourth-order valence-electron chi connectivity index (χ4n) is 3.00. The molecule has 28 heavy (non-hydrogen) atoms. The zero-order valence-corrected chi connectivity index (χ0v) is 15.1. The molecule has 4 nitrogen and oxygen atoms in total. The molecule has 0 N–H and O–H groups in total. The van der Waals surface area contributed by atoms with E-state index < -0.39 is 48.9 Å². The first-order valence-electron chi connectivity index (χ1n) is 8.74. The van der Waals surface area contributed by atoms with Crippen molar-refractivity contribution in [1.29, 1.82) is 0 Å². The van der Waals surface area contributed by atoms with Gasteiger partial charge >= 0.3 is 18.3 Å². The lowest BCUT2D eigenvalue weighted by molar-refractivity contribution is -0.191. The zero-order valence-electron chi connectivity index (χ0n) is 15.1. The van der Waals surface area contributed by atoms with Gasteiger partial charge in [0.15, 0.2) is 0 Å². The SMILES string of the molecule is CCOC(=O)CC(CN1CCO[C@H](c2cccc(C(F)(F)F)c2)C1)C(F)(F)F. The first-order chi connectivity index (χ1) is 13.0. The quantitative estimate of drug-likeness (QED) is 0.518. The van der Waals surface area contributed by atoms with Gasteiger partial charge in [0.1, 0.15) is 0 Å². The molecular formula is C18H21F6NO3. The number of rotatable bonds is 6. The van der Waals surface area contributed by atoms with Crippen LogP contribution in [0.5, 0.6) is 0 Å². The van der Waals surface area contributed by atoms with Crippen molar-refractivity contribution in [1.82, 2.24) is 4.90 Å². The first-order valence-corrected chi connectivity index (χ1v) is 8.74. The molecule has 2 atom stereocenters. The van der Waals surface area contributed by atoms with Gasteiger partial charge < -0.3 is 9.47 Å². The smallest absolute Gasteiger partial charge is 0.416 e. The Bertz CT molecular complexity index is 661.